The number of carbonyl (C=O) groups excluding carboxylic acids is 1. The lowest BCUT2D eigenvalue weighted by atomic mass is 10.1. The summed E-state index contributed by atoms with van der Waals surface area (Å²) in [5.41, 5.74) is 4.68. The number of para-hydroxylation sites is 2. The number of ether oxygens (including phenoxy) is 2. The van der Waals surface area contributed by atoms with Crippen LogP contribution in [0.2, 0.25) is 0 Å². The van der Waals surface area contributed by atoms with E-state index in [0.29, 0.717) is 13.2 Å². The van der Waals surface area contributed by atoms with Gasteiger partial charge in [-0.1, -0.05) is 24.6 Å². The highest BCUT2D eigenvalue weighted by Gasteiger charge is 2.10. The van der Waals surface area contributed by atoms with E-state index in [-0.39, 0.29) is 12.5 Å². The Balaban J connectivity index is 1.54. The summed E-state index contributed by atoms with van der Waals surface area (Å²) in [5.74, 6) is 1.94. The van der Waals surface area contributed by atoms with Crippen LogP contribution in [0.4, 0.5) is 0 Å². The summed E-state index contributed by atoms with van der Waals surface area (Å²) in [6, 6.07) is 14.5. The third-order valence-electron chi connectivity index (χ3n) is 5.47. The number of benzene rings is 2. The number of aromatic nitrogens is 2. The predicted molar refractivity (Wildman–Crippen MR) is 124 cm³/mol. The first-order chi connectivity index (χ1) is 15.1. The van der Waals surface area contributed by atoms with Crippen molar-refractivity contribution in [1.82, 2.24) is 14.9 Å². The molecule has 0 aliphatic rings. The molecule has 3 aromatic rings. The molecule has 1 amide bonds. The van der Waals surface area contributed by atoms with Crippen LogP contribution in [0.25, 0.3) is 11.0 Å². The number of fused-ring (bicyclic) bond motifs is 1. The second kappa shape index (κ2) is 11.5. The van der Waals surface area contributed by atoms with Gasteiger partial charge in [-0.25, -0.2) is 4.98 Å². The van der Waals surface area contributed by atoms with Crippen LogP contribution in [0.5, 0.6) is 5.75 Å². The highest BCUT2D eigenvalue weighted by molar-refractivity contribution is 5.77. The van der Waals surface area contributed by atoms with E-state index < -0.39 is 0 Å². The van der Waals surface area contributed by atoms with Crippen LogP contribution in [0, 0.1) is 13.8 Å². The van der Waals surface area contributed by atoms with E-state index in [4.69, 9.17) is 14.5 Å². The molecule has 1 heterocycles. The summed E-state index contributed by atoms with van der Waals surface area (Å²) in [7, 11) is 1.53. The smallest absolute Gasteiger partial charge is 0.245 e. The molecule has 0 spiro atoms. The third-order valence-corrected chi connectivity index (χ3v) is 5.47. The van der Waals surface area contributed by atoms with E-state index >= 15 is 0 Å². The maximum Gasteiger partial charge on any atom is 0.245 e. The fourth-order valence-electron chi connectivity index (χ4n) is 3.62. The van der Waals surface area contributed by atoms with Gasteiger partial charge in [-0.2, -0.15) is 0 Å². The fourth-order valence-corrected chi connectivity index (χ4v) is 3.62. The minimum atomic E-state index is -0.0620. The van der Waals surface area contributed by atoms with Crippen molar-refractivity contribution >= 4 is 16.9 Å². The van der Waals surface area contributed by atoms with Crippen molar-refractivity contribution in [2.45, 2.75) is 46.1 Å². The maximum absolute atomic E-state index is 11.4. The number of imidazole rings is 1. The molecule has 166 valence electrons. The van der Waals surface area contributed by atoms with Gasteiger partial charge in [0.25, 0.3) is 0 Å². The van der Waals surface area contributed by atoms with Gasteiger partial charge in [0.15, 0.2) is 0 Å². The van der Waals surface area contributed by atoms with Crippen molar-refractivity contribution in [3.05, 3.63) is 59.4 Å². The van der Waals surface area contributed by atoms with Crippen LogP contribution >= 0.6 is 0 Å². The molecule has 0 unspecified atom stereocenters. The molecule has 0 saturated carbocycles. The van der Waals surface area contributed by atoms with Crippen LogP contribution in [0.3, 0.4) is 0 Å². The summed E-state index contributed by atoms with van der Waals surface area (Å²) in [5, 5.41) is 2.86. The molecule has 2 aromatic carbocycles. The molecule has 31 heavy (non-hydrogen) atoms. The number of nitrogens with zero attached hydrogens (tertiary/aromatic N) is 2. The second-order valence-electron chi connectivity index (χ2n) is 7.86. The molecule has 0 aliphatic heterocycles. The standard InChI is InChI=1S/C25H33N3O3/c1-19-12-13-21(17-20(19)2)31-16-15-28-23-10-7-6-9-22(23)27-24(28)11-5-4-8-14-26-25(29)18-30-3/h6-7,9-10,12-13,17H,4-5,8,11,14-16,18H2,1-3H3,(H,26,29). The molecule has 6 nitrogen and oxygen atoms in total. The van der Waals surface area contributed by atoms with Crippen molar-refractivity contribution < 1.29 is 14.3 Å². The van der Waals surface area contributed by atoms with E-state index in [1.54, 1.807) is 0 Å². The number of nitrogens with one attached hydrogen (secondary N) is 1. The Labute approximate surface area is 184 Å². The largest absolute Gasteiger partial charge is 0.492 e. The summed E-state index contributed by atoms with van der Waals surface area (Å²) in [6.45, 7) is 6.37. The minimum absolute atomic E-state index is 0.0620. The lowest BCUT2D eigenvalue weighted by molar-refractivity contribution is -0.124. The molecule has 0 aliphatic carbocycles. The Morgan fingerprint density at radius 2 is 1.90 bits per heavy atom. The molecule has 0 atom stereocenters. The molecular weight excluding hydrogens is 390 g/mol. The van der Waals surface area contributed by atoms with Crippen LogP contribution in [0.15, 0.2) is 42.5 Å². The Morgan fingerprint density at radius 3 is 2.71 bits per heavy atom. The zero-order chi connectivity index (χ0) is 22.1. The molecular formula is C25H33N3O3. The lowest BCUT2D eigenvalue weighted by Gasteiger charge is -2.12. The van der Waals surface area contributed by atoms with Gasteiger partial charge in [0, 0.05) is 20.1 Å². The summed E-state index contributed by atoms with van der Waals surface area (Å²) in [4.78, 5) is 16.3. The average molecular weight is 424 g/mol. The summed E-state index contributed by atoms with van der Waals surface area (Å²) in [6.07, 6.45) is 3.92. The number of amides is 1. The van der Waals surface area contributed by atoms with Crippen LogP contribution in [0.1, 0.15) is 36.2 Å². The van der Waals surface area contributed by atoms with Gasteiger partial charge < -0.3 is 19.4 Å². The van der Waals surface area contributed by atoms with E-state index in [2.05, 4.69) is 54.1 Å². The molecule has 0 fully saturated rings. The topological polar surface area (TPSA) is 65.4 Å². The first kappa shape index (κ1) is 22.8. The first-order valence-electron chi connectivity index (χ1n) is 11.0. The molecule has 1 aromatic heterocycles. The van der Waals surface area contributed by atoms with E-state index in [1.807, 2.05) is 12.1 Å². The van der Waals surface area contributed by atoms with Crippen LogP contribution < -0.4 is 10.1 Å². The van der Waals surface area contributed by atoms with Gasteiger partial charge in [0.2, 0.25) is 5.91 Å². The monoisotopic (exact) mass is 423 g/mol. The van der Waals surface area contributed by atoms with E-state index in [9.17, 15) is 4.79 Å². The van der Waals surface area contributed by atoms with Crippen molar-refractivity contribution in [2.24, 2.45) is 0 Å². The van der Waals surface area contributed by atoms with E-state index in [1.165, 1.54) is 18.2 Å². The zero-order valence-electron chi connectivity index (χ0n) is 18.8. The molecule has 3 rings (SSSR count). The van der Waals surface area contributed by atoms with Crippen LogP contribution in [-0.4, -0.2) is 42.3 Å². The molecule has 6 heteroatoms. The van der Waals surface area contributed by atoms with E-state index in [0.717, 1.165) is 54.8 Å². The van der Waals surface area contributed by atoms with Gasteiger partial charge >= 0.3 is 0 Å². The summed E-state index contributed by atoms with van der Waals surface area (Å²) < 4.78 is 13.1. The van der Waals surface area contributed by atoms with Gasteiger partial charge in [0.1, 0.15) is 24.8 Å². The van der Waals surface area contributed by atoms with Gasteiger partial charge in [-0.15, -0.1) is 0 Å². The predicted octanol–water partition coefficient (Wildman–Crippen LogP) is 4.21. The third kappa shape index (κ3) is 6.56. The van der Waals surface area contributed by atoms with Gasteiger partial charge in [-0.05, 0) is 62.1 Å². The lowest BCUT2D eigenvalue weighted by Crippen LogP contribution is -2.27. The Morgan fingerprint density at radius 1 is 1.06 bits per heavy atom. The highest BCUT2D eigenvalue weighted by atomic mass is 16.5. The van der Waals surface area contributed by atoms with Gasteiger partial charge in [0.05, 0.1) is 17.6 Å². The Bertz CT molecular complexity index is 997. The molecule has 0 radical (unpaired) electrons. The molecule has 0 bridgehead atoms. The van der Waals surface area contributed by atoms with Crippen LogP contribution in [-0.2, 0) is 22.5 Å². The van der Waals surface area contributed by atoms with Crippen molar-refractivity contribution in [3.63, 3.8) is 0 Å². The second-order valence-corrected chi connectivity index (χ2v) is 7.86. The first-order valence-corrected chi connectivity index (χ1v) is 11.0. The van der Waals surface area contributed by atoms with Crippen molar-refractivity contribution in [2.75, 3.05) is 26.9 Å². The van der Waals surface area contributed by atoms with Gasteiger partial charge in [-0.3, -0.25) is 4.79 Å². The Hall–Kier alpha value is -2.86. The minimum Gasteiger partial charge on any atom is -0.492 e. The van der Waals surface area contributed by atoms with Crippen molar-refractivity contribution in [3.8, 4) is 5.75 Å². The summed E-state index contributed by atoms with van der Waals surface area (Å²) >= 11 is 0. The number of hydrogen-bond acceptors (Lipinski definition) is 4. The SMILES string of the molecule is COCC(=O)NCCCCCc1nc2ccccc2n1CCOc1ccc(C)c(C)c1. The molecule has 0 saturated heterocycles. The van der Waals surface area contributed by atoms with Crippen molar-refractivity contribution in [1.29, 1.82) is 0 Å². The number of aryl methyl sites for hydroxylation is 3. The highest BCUT2D eigenvalue weighted by Crippen LogP contribution is 2.19. The average Bonchev–Trinajstić information content (AvgIpc) is 3.11. The maximum atomic E-state index is 11.4. The quantitative estimate of drug-likeness (QED) is 0.443. The number of unbranched alkanes of at least 4 members (excludes halogenated alkanes) is 2. The normalized spacial score (nSPS) is 11.1. The number of carbonyl (C=O) groups is 1. The Kier molecular flexibility index (Phi) is 8.47. The number of hydrogen-bond donors (Lipinski definition) is 1. The fraction of sp³-hybridized carbons (Fsp3) is 0.440. The number of methoxy groups -OCH3 is 1. The zero-order valence-corrected chi connectivity index (χ0v) is 18.8. The number of rotatable bonds is 12. The molecule has 1 N–H and O–H groups in total.